The molecule has 0 bridgehead atoms. The van der Waals surface area contributed by atoms with Crippen LogP contribution in [-0.4, -0.2) is 13.0 Å². The van der Waals surface area contributed by atoms with Crippen LogP contribution in [0.4, 0.5) is 0 Å². The van der Waals surface area contributed by atoms with Crippen molar-refractivity contribution < 1.29 is 9.63 Å². The Morgan fingerprint density at radius 3 is 2.72 bits per heavy atom. The maximum Gasteiger partial charge on any atom is 0.217 e. The first-order valence-electron chi connectivity index (χ1n) is 5.27. The molecule has 6 heteroatoms. The van der Waals surface area contributed by atoms with Crippen LogP contribution in [0.1, 0.15) is 18.4 Å². The number of nitrogens with one attached hydrogen (secondary N) is 1. The number of nitrogens with two attached hydrogens (primary N) is 1. The summed E-state index contributed by atoms with van der Waals surface area (Å²) in [4.78, 5) is 15.6. The van der Waals surface area contributed by atoms with Gasteiger partial charge in [0.15, 0.2) is 0 Å². The fourth-order valence-corrected chi connectivity index (χ4v) is 1.65. The van der Waals surface area contributed by atoms with Crippen LogP contribution in [0.3, 0.4) is 0 Å². The molecule has 0 unspecified atom stereocenters. The first-order valence-corrected chi connectivity index (χ1v) is 6.03. The Morgan fingerprint density at radius 1 is 1.44 bits per heavy atom. The summed E-state index contributed by atoms with van der Waals surface area (Å²) >= 11 is 11.8. The van der Waals surface area contributed by atoms with Gasteiger partial charge in [-0.2, -0.15) is 0 Å². The maximum absolute atomic E-state index is 10.7. The second-order valence-electron chi connectivity index (χ2n) is 3.56. The summed E-state index contributed by atoms with van der Waals surface area (Å²) in [6.07, 6.45) is 2.60. The highest BCUT2D eigenvalue weighted by atomic mass is 35.5. The van der Waals surface area contributed by atoms with Gasteiger partial charge in [-0.05, 0) is 18.6 Å². The molecule has 1 amide bonds. The number of hydrogen-bond donors (Lipinski definition) is 2. The second kappa shape index (κ2) is 7.26. The minimum atomic E-state index is -0.350. The lowest BCUT2D eigenvalue weighted by Gasteiger charge is -2.10. The van der Waals surface area contributed by atoms with Gasteiger partial charge < -0.3 is 5.73 Å². The molecule has 0 aliphatic rings. The molecule has 4 nitrogen and oxygen atoms in total. The highest BCUT2D eigenvalue weighted by Gasteiger charge is 2.05. The van der Waals surface area contributed by atoms with Crippen molar-refractivity contribution in [2.75, 3.05) is 7.11 Å². The number of halogens is 2. The summed E-state index contributed by atoms with van der Waals surface area (Å²) < 4.78 is 0. The molecule has 0 aliphatic carbocycles. The van der Waals surface area contributed by atoms with Crippen LogP contribution in [0.5, 0.6) is 0 Å². The van der Waals surface area contributed by atoms with Crippen molar-refractivity contribution in [3.05, 3.63) is 39.9 Å². The standard InChI is InChI=1S/C12H14Cl2N2O2/c1-18-16-11(3-2-4-12(15)17)8-5-6-9(13)10(14)7-8/h3,5-7,16H,2,4H2,1H3,(H2,15,17)/b11-3-. The van der Waals surface area contributed by atoms with E-state index in [-0.39, 0.29) is 12.3 Å². The molecule has 0 atom stereocenters. The number of carbonyl (C=O) groups is 1. The molecule has 0 saturated heterocycles. The van der Waals surface area contributed by atoms with Crippen molar-refractivity contribution in [3.63, 3.8) is 0 Å². The molecule has 1 aromatic carbocycles. The molecule has 0 aliphatic heterocycles. The second-order valence-corrected chi connectivity index (χ2v) is 4.37. The number of rotatable bonds is 6. The van der Waals surface area contributed by atoms with Gasteiger partial charge in [-0.3, -0.25) is 15.1 Å². The number of allylic oxidation sites excluding steroid dienone is 1. The van der Waals surface area contributed by atoms with E-state index >= 15 is 0 Å². The van der Waals surface area contributed by atoms with Crippen LogP contribution in [-0.2, 0) is 9.63 Å². The zero-order valence-electron chi connectivity index (χ0n) is 9.87. The highest BCUT2D eigenvalue weighted by molar-refractivity contribution is 6.42. The average Bonchev–Trinajstić information content (AvgIpc) is 2.31. The van der Waals surface area contributed by atoms with E-state index in [4.69, 9.17) is 33.8 Å². The largest absolute Gasteiger partial charge is 0.370 e. The zero-order chi connectivity index (χ0) is 13.5. The lowest BCUT2D eigenvalue weighted by Crippen LogP contribution is -2.12. The molecule has 0 aromatic heterocycles. The Morgan fingerprint density at radius 2 is 2.17 bits per heavy atom. The maximum atomic E-state index is 10.7. The number of hydrogen-bond acceptors (Lipinski definition) is 3. The van der Waals surface area contributed by atoms with Gasteiger partial charge in [-0.15, -0.1) is 0 Å². The summed E-state index contributed by atoms with van der Waals surface area (Å²) in [5, 5.41) is 0.933. The quantitative estimate of drug-likeness (QED) is 0.791. The summed E-state index contributed by atoms with van der Waals surface area (Å²) in [5.74, 6) is -0.350. The van der Waals surface area contributed by atoms with Crippen LogP contribution >= 0.6 is 23.2 Å². The molecule has 3 N–H and O–H groups in total. The van der Waals surface area contributed by atoms with Gasteiger partial charge in [0, 0.05) is 12.0 Å². The number of primary amides is 1. The lowest BCUT2D eigenvalue weighted by atomic mass is 10.1. The first kappa shape index (κ1) is 14.8. The SMILES string of the molecule is CON/C(=C\CCC(N)=O)c1ccc(Cl)c(Cl)c1. The molecule has 0 saturated carbocycles. The van der Waals surface area contributed by atoms with E-state index in [1.807, 2.05) is 6.08 Å². The molecular weight excluding hydrogens is 275 g/mol. The molecule has 98 valence electrons. The van der Waals surface area contributed by atoms with Gasteiger partial charge in [0.25, 0.3) is 0 Å². The van der Waals surface area contributed by atoms with Crippen LogP contribution in [0.2, 0.25) is 10.0 Å². The monoisotopic (exact) mass is 288 g/mol. The van der Waals surface area contributed by atoms with E-state index < -0.39 is 0 Å². The van der Waals surface area contributed by atoms with Crippen LogP contribution < -0.4 is 11.2 Å². The molecule has 18 heavy (non-hydrogen) atoms. The van der Waals surface area contributed by atoms with Crippen molar-refractivity contribution in [1.82, 2.24) is 5.48 Å². The molecule has 0 fully saturated rings. The topological polar surface area (TPSA) is 64.3 Å². The third kappa shape index (κ3) is 4.56. The Balaban J connectivity index is 2.89. The van der Waals surface area contributed by atoms with Gasteiger partial charge in [-0.1, -0.05) is 35.3 Å². The van der Waals surface area contributed by atoms with Crippen molar-refractivity contribution in [2.45, 2.75) is 12.8 Å². The van der Waals surface area contributed by atoms with Crippen molar-refractivity contribution in [3.8, 4) is 0 Å². The summed E-state index contributed by atoms with van der Waals surface area (Å²) in [5.41, 5.74) is 9.32. The van der Waals surface area contributed by atoms with Crippen molar-refractivity contribution in [2.24, 2.45) is 5.73 Å². The van der Waals surface area contributed by atoms with Crippen LogP contribution in [0.15, 0.2) is 24.3 Å². The smallest absolute Gasteiger partial charge is 0.217 e. The number of benzene rings is 1. The number of hydroxylamine groups is 1. The van der Waals surface area contributed by atoms with Gasteiger partial charge in [0.2, 0.25) is 5.91 Å². The van der Waals surface area contributed by atoms with Crippen LogP contribution in [0, 0.1) is 0 Å². The lowest BCUT2D eigenvalue weighted by molar-refractivity contribution is -0.117. The summed E-state index contributed by atoms with van der Waals surface area (Å²) in [6, 6.07) is 5.21. The Hall–Kier alpha value is -1.23. The molecule has 0 spiro atoms. The molecular formula is C12H14Cl2N2O2. The van der Waals surface area contributed by atoms with Crippen LogP contribution in [0.25, 0.3) is 5.70 Å². The highest BCUT2D eigenvalue weighted by Crippen LogP contribution is 2.25. The van der Waals surface area contributed by atoms with E-state index in [1.54, 1.807) is 18.2 Å². The summed E-state index contributed by atoms with van der Waals surface area (Å²) in [6.45, 7) is 0. The number of amides is 1. The van der Waals surface area contributed by atoms with E-state index in [0.717, 1.165) is 5.56 Å². The predicted octanol–water partition coefficient (Wildman–Crippen LogP) is 2.75. The van der Waals surface area contributed by atoms with E-state index in [0.29, 0.717) is 22.2 Å². The average molecular weight is 289 g/mol. The third-order valence-corrected chi connectivity index (χ3v) is 2.92. The molecule has 0 heterocycles. The van der Waals surface area contributed by atoms with Gasteiger partial charge >= 0.3 is 0 Å². The molecule has 0 radical (unpaired) electrons. The first-order chi connectivity index (χ1) is 8.54. The fraction of sp³-hybridized carbons (Fsp3) is 0.250. The van der Waals surface area contributed by atoms with Crippen molar-refractivity contribution in [1.29, 1.82) is 0 Å². The van der Waals surface area contributed by atoms with E-state index in [1.165, 1.54) is 7.11 Å². The van der Waals surface area contributed by atoms with Gasteiger partial charge in [0.05, 0.1) is 22.9 Å². The normalized spacial score (nSPS) is 11.4. The van der Waals surface area contributed by atoms with E-state index in [9.17, 15) is 4.79 Å². The zero-order valence-corrected chi connectivity index (χ0v) is 11.4. The van der Waals surface area contributed by atoms with Gasteiger partial charge in [-0.25, -0.2) is 0 Å². The summed E-state index contributed by atoms with van der Waals surface area (Å²) in [7, 11) is 1.50. The Labute approximate surface area is 116 Å². The van der Waals surface area contributed by atoms with Gasteiger partial charge in [0.1, 0.15) is 0 Å². The predicted molar refractivity (Wildman–Crippen MR) is 73.0 cm³/mol. The Bertz CT molecular complexity index is 461. The minimum absolute atomic E-state index is 0.274. The Kier molecular flexibility index (Phi) is 5.98. The fourth-order valence-electron chi connectivity index (χ4n) is 1.35. The molecule has 1 rings (SSSR count). The number of carbonyl (C=O) groups excluding carboxylic acids is 1. The molecule has 1 aromatic rings. The van der Waals surface area contributed by atoms with E-state index in [2.05, 4.69) is 5.48 Å². The minimum Gasteiger partial charge on any atom is -0.370 e. The third-order valence-electron chi connectivity index (χ3n) is 2.18. The van der Waals surface area contributed by atoms with Crippen molar-refractivity contribution >= 4 is 34.8 Å².